The highest BCUT2D eigenvalue weighted by Gasteiger charge is 2.10. The van der Waals surface area contributed by atoms with Gasteiger partial charge in [0.2, 0.25) is 0 Å². The van der Waals surface area contributed by atoms with Crippen LogP contribution in [0.4, 0.5) is 15.9 Å². The van der Waals surface area contributed by atoms with Gasteiger partial charge in [0, 0.05) is 17.4 Å². The molecule has 0 aliphatic carbocycles. The predicted molar refractivity (Wildman–Crippen MR) is 68.0 cm³/mol. The number of amides is 1. The Morgan fingerprint density at radius 1 is 1.39 bits per heavy atom. The lowest BCUT2D eigenvalue weighted by Crippen LogP contribution is -2.13. The molecule has 1 aromatic carbocycles. The lowest BCUT2D eigenvalue weighted by Gasteiger charge is -2.06. The van der Waals surface area contributed by atoms with Crippen LogP contribution in [-0.4, -0.2) is 10.9 Å². The Morgan fingerprint density at radius 3 is 2.83 bits per heavy atom. The van der Waals surface area contributed by atoms with Gasteiger partial charge in [0.25, 0.3) is 5.91 Å². The monoisotopic (exact) mass is 265 g/mol. The molecule has 1 amide bonds. The van der Waals surface area contributed by atoms with Gasteiger partial charge < -0.3 is 11.1 Å². The Hall–Kier alpha value is -2.14. The van der Waals surface area contributed by atoms with E-state index in [2.05, 4.69) is 10.3 Å². The lowest BCUT2D eigenvalue weighted by molar-refractivity contribution is 0.102. The number of hydrogen-bond donors (Lipinski definition) is 2. The Morgan fingerprint density at radius 2 is 2.17 bits per heavy atom. The van der Waals surface area contributed by atoms with Crippen LogP contribution in [0, 0.1) is 5.82 Å². The van der Waals surface area contributed by atoms with E-state index >= 15 is 0 Å². The molecular formula is C12H9ClFN3O. The van der Waals surface area contributed by atoms with Crippen LogP contribution < -0.4 is 11.1 Å². The van der Waals surface area contributed by atoms with E-state index in [1.807, 2.05) is 0 Å². The number of anilines is 2. The van der Waals surface area contributed by atoms with Gasteiger partial charge in [0.1, 0.15) is 5.82 Å². The van der Waals surface area contributed by atoms with Crippen molar-refractivity contribution in [3.05, 3.63) is 52.9 Å². The molecule has 18 heavy (non-hydrogen) atoms. The summed E-state index contributed by atoms with van der Waals surface area (Å²) in [6, 6.07) is 6.81. The molecule has 0 spiro atoms. The number of aromatic nitrogens is 1. The molecule has 0 aliphatic heterocycles. The van der Waals surface area contributed by atoms with Gasteiger partial charge in [-0.15, -0.1) is 0 Å². The van der Waals surface area contributed by atoms with Crippen LogP contribution in [0.25, 0.3) is 0 Å². The van der Waals surface area contributed by atoms with Crippen LogP contribution >= 0.6 is 11.6 Å². The van der Waals surface area contributed by atoms with Crippen molar-refractivity contribution in [2.24, 2.45) is 0 Å². The maximum Gasteiger partial charge on any atom is 0.257 e. The molecular weight excluding hydrogens is 257 g/mol. The van der Waals surface area contributed by atoms with Gasteiger partial charge >= 0.3 is 0 Å². The number of nitrogen functional groups attached to an aromatic ring is 1. The number of pyridine rings is 1. The van der Waals surface area contributed by atoms with Gasteiger partial charge in [0.15, 0.2) is 5.82 Å². The van der Waals surface area contributed by atoms with Crippen molar-refractivity contribution in [3.63, 3.8) is 0 Å². The average molecular weight is 266 g/mol. The summed E-state index contributed by atoms with van der Waals surface area (Å²) in [7, 11) is 0. The average Bonchev–Trinajstić information content (AvgIpc) is 2.31. The summed E-state index contributed by atoms with van der Waals surface area (Å²) < 4.78 is 13.1. The highest BCUT2D eigenvalue weighted by molar-refractivity contribution is 6.33. The maximum absolute atomic E-state index is 13.1. The Kier molecular flexibility index (Phi) is 3.43. The van der Waals surface area contributed by atoms with Crippen LogP contribution in [0.15, 0.2) is 36.5 Å². The molecule has 1 aromatic heterocycles. The molecule has 0 aliphatic rings. The van der Waals surface area contributed by atoms with E-state index in [1.54, 1.807) is 12.1 Å². The number of rotatable bonds is 2. The SMILES string of the molecule is Nc1cc(F)cc(C(=O)Nc2ncccc2Cl)c1. The normalized spacial score (nSPS) is 10.1. The molecule has 4 nitrogen and oxygen atoms in total. The van der Waals surface area contributed by atoms with E-state index in [0.717, 1.165) is 12.1 Å². The predicted octanol–water partition coefficient (Wildman–Crippen LogP) is 2.71. The second-order valence-electron chi connectivity index (χ2n) is 3.56. The number of nitrogens with two attached hydrogens (primary N) is 1. The van der Waals surface area contributed by atoms with E-state index in [9.17, 15) is 9.18 Å². The van der Waals surface area contributed by atoms with Gasteiger partial charge in [-0.05, 0) is 30.3 Å². The van der Waals surface area contributed by atoms with E-state index in [0.29, 0.717) is 5.02 Å². The van der Waals surface area contributed by atoms with Crippen molar-refractivity contribution >= 4 is 29.0 Å². The Labute approximate surface area is 108 Å². The minimum atomic E-state index is -0.577. The minimum Gasteiger partial charge on any atom is -0.399 e. The molecule has 92 valence electrons. The van der Waals surface area contributed by atoms with Gasteiger partial charge in [0.05, 0.1) is 5.02 Å². The fraction of sp³-hybridized carbons (Fsp3) is 0. The molecule has 0 bridgehead atoms. The molecule has 1 heterocycles. The van der Waals surface area contributed by atoms with E-state index in [1.165, 1.54) is 12.3 Å². The van der Waals surface area contributed by atoms with Crippen molar-refractivity contribution in [2.45, 2.75) is 0 Å². The zero-order chi connectivity index (χ0) is 13.1. The second-order valence-corrected chi connectivity index (χ2v) is 3.97. The van der Waals surface area contributed by atoms with Crippen LogP contribution in [0.1, 0.15) is 10.4 Å². The molecule has 0 radical (unpaired) electrons. The van der Waals surface area contributed by atoms with Crippen molar-refractivity contribution in [2.75, 3.05) is 11.1 Å². The molecule has 0 saturated carbocycles. The third-order valence-corrected chi connectivity index (χ3v) is 2.48. The van der Waals surface area contributed by atoms with Crippen LogP contribution in [0.3, 0.4) is 0 Å². The number of halogens is 2. The standard InChI is InChI=1S/C12H9ClFN3O/c13-10-2-1-3-16-11(10)17-12(18)7-4-8(14)6-9(15)5-7/h1-6H,15H2,(H,16,17,18). The third-order valence-electron chi connectivity index (χ3n) is 2.17. The smallest absolute Gasteiger partial charge is 0.257 e. The second kappa shape index (κ2) is 5.01. The van der Waals surface area contributed by atoms with E-state index in [4.69, 9.17) is 17.3 Å². The van der Waals surface area contributed by atoms with Crippen molar-refractivity contribution in [1.29, 1.82) is 0 Å². The first-order chi connectivity index (χ1) is 8.56. The van der Waals surface area contributed by atoms with Gasteiger partial charge in [-0.2, -0.15) is 0 Å². The maximum atomic E-state index is 13.1. The summed E-state index contributed by atoms with van der Waals surface area (Å²) in [6.45, 7) is 0. The first-order valence-corrected chi connectivity index (χ1v) is 5.42. The zero-order valence-electron chi connectivity index (χ0n) is 9.15. The fourth-order valence-corrected chi connectivity index (χ4v) is 1.57. The lowest BCUT2D eigenvalue weighted by atomic mass is 10.2. The third kappa shape index (κ3) is 2.75. The zero-order valence-corrected chi connectivity index (χ0v) is 9.91. The quantitative estimate of drug-likeness (QED) is 0.821. The molecule has 0 atom stereocenters. The van der Waals surface area contributed by atoms with Crippen LogP contribution in [0.2, 0.25) is 5.02 Å². The van der Waals surface area contributed by atoms with Crippen molar-refractivity contribution in [1.82, 2.24) is 4.98 Å². The van der Waals surface area contributed by atoms with Gasteiger partial charge in [-0.1, -0.05) is 11.6 Å². The first-order valence-electron chi connectivity index (χ1n) is 5.04. The largest absolute Gasteiger partial charge is 0.399 e. The van der Waals surface area contributed by atoms with Crippen molar-refractivity contribution < 1.29 is 9.18 Å². The Balaban J connectivity index is 2.25. The number of hydrogen-bond acceptors (Lipinski definition) is 3. The van der Waals surface area contributed by atoms with Gasteiger partial charge in [-0.3, -0.25) is 4.79 Å². The minimum absolute atomic E-state index is 0.106. The summed E-state index contributed by atoms with van der Waals surface area (Å²) in [5.74, 6) is -0.888. The molecule has 6 heteroatoms. The number of benzene rings is 1. The summed E-state index contributed by atoms with van der Waals surface area (Å²) in [5, 5.41) is 2.78. The van der Waals surface area contributed by atoms with Crippen molar-refractivity contribution in [3.8, 4) is 0 Å². The summed E-state index contributed by atoms with van der Waals surface area (Å²) in [4.78, 5) is 15.7. The summed E-state index contributed by atoms with van der Waals surface area (Å²) >= 11 is 5.84. The summed E-state index contributed by atoms with van der Waals surface area (Å²) in [5.41, 5.74) is 5.74. The number of carbonyl (C=O) groups excluding carboxylic acids is 1. The van der Waals surface area contributed by atoms with Crippen LogP contribution in [0.5, 0.6) is 0 Å². The van der Waals surface area contributed by atoms with E-state index < -0.39 is 11.7 Å². The highest BCUT2D eigenvalue weighted by Crippen LogP contribution is 2.19. The fourth-order valence-electron chi connectivity index (χ4n) is 1.40. The van der Waals surface area contributed by atoms with E-state index in [-0.39, 0.29) is 17.1 Å². The topological polar surface area (TPSA) is 68.0 Å². The number of nitrogens with zero attached hydrogens (tertiary/aromatic N) is 1. The molecule has 3 N–H and O–H groups in total. The highest BCUT2D eigenvalue weighted by atomic mass is 35.5. The molecule has 0 saturated heterocycles. The molecule has 2 rings (SSSR count). The Bertz CT molecular complexity index is 583. The number of nitrogens with one attached hydrogen (secondary N) is 1. The molecule has 0 fully saturated rings. The number of carbonyl (C=O) groups is 1. The van der Waals surface area contributed by atoms with Gasteiger partial charge in [-0.25, -0.2) is 9.37 Å². The first kappa shape index (κ1) is 12.3. The molecule has 0 unspecified atom stereocenters. The molecule has 2 aromatic rings. The summed E-state index contributed by atoms with van der Waals surface area (Å²) in [6.07, 6.45) is 1.49. The van der Waals surface area contributed by atoms with Crippen LogP contribution in [-0.2, 0) is 0 Å².